The summed E-state index contributed by atoms with van der Waals surface area (Å²) in [7, 11) is 0. The predicted octanol–water partition coefficient (Wildman–Crippen LogP) is 2.12. The third kappa shape index (κ3) is 4.29. The molecule has 0 fully saturated rings. The van der Waals surface area contributed by atoms with E-state index < -0.39 is 11.6 Å². The van der Waals surface area contributed by atoms with Gasteiger partial charge in [0.15, 0.2) is 5.60 Å². The lowest BCUT2D eigenvalue weighted by atomic mass is 9.96. The first-order valence-electron chi connectivity index (χ1n) is 5.70. The lowest BCUT2D eigenvalue weighted by molar-refractivity contribution is -0.163. The molecule has 1 aromatic carbocycles. The molecule has 4 nitrogen and oxygen atoms in total. The van der Waals surface area contributed by atoms with Gasteiger partial charge in [0.1, 0.15) is 0 Å². The van der Waals surface area contributed by atoms with Crippen molar-refractivity contribution in [2.24, 2.45) is 0 Å². The van der Waals surface area contributed by atoms with Crippen molar-refractivity contribution in [3.05, 3.63) is 34.9 Å². The van der Waals surface area contributed by atoms with Gasteiger partial charge in [-0.25, -0.2) is 4.79 Å². The third-order valence-corrected chi connectivity index (χ3v) is 2.88. The minimum absolute atomic E-state index is 0.0172. The third-order valence-electron chi connectivity index (χ3n) is 2.63. The highest BCUT2D eigenvalue weighted by Crippen LogP contribution is 2.20. The van der Waals surface area contributed by atoms with Gasteiger partial charge < -0.3 is 14.9 Å². The molecule has 0 aliphatic heterocycles. The quantitative estimate of drug-likeness (QED) is 0.746. The van der Waals surface area contributed by atoms with E-state index in [1.165, 1.54) is 6.92 Å². The van der Waals surface area contributed by atoms with Crippen LogP contribution < -0.4 is 0 Å². The highest BCUT2D eigenvalue weighted by atomic mass is 35.5. The van der Waals surface area contributed by atoms with Crippen LogP contribution in [0.1, 0.15) is 18.9 Å². The van der Waals surface area contributed by atoms with Crippen LogP contribution in [0.3, 0.4) is 0 Å². The molecule has 0 saturated heterocycles. The number of carboxylic acid groups (broad SMARTS) is 1. The summed E-state index contributed by atoms with van der Waals surface area (Å²) in [5.74, 6) is -1.02. The van der Waals surface area contributed by atoms with Crippen molar-refractivity contribution in [2.45, 2.75) is 25.4 Å². The summed E-state index contributed by atoms with van der Waals surface area (Å²) in [4.78, 5) is 11.3. The molecule has 2 N–H and O–H groups in total. The van der Waals surface area contributed by atoms with Crippen molar-refractivity contribution in [2.75, 3.05) is 13.2 Å². The molecule has 0 radical (unpaired) electrons. The molecule has 5 heteroatoms. The molecule has 100 valence electrons. The van der Waals surface area contributed by atoms with Gasteiger partial charge in [0.05, 0.1) is 6.61 Å². The summed E-state index contributed by atoms with van der Waals surface area (Å²) >= 11 is 5.77. The van der Waals surface area contributed by atoms with Crippen LogP contribution in [0, 0.1) is 0 Å². The van der Waals surface area contributed by atoms with Gasteiger partial charge >= 0.3 is 5.97 Å². The van der Waals surface area contributed by atoms with Crippen molar-refractivity contribution < 1.29 is 19.7 Å². The number of hydrogen-bond acceptors (Lipinski definition) is 3. The molecule has 0 aromatic heterocycles. The van der Waals surface area contributed by atoms with E-state index in [2.05, 4.69) is 0 Å². The first-order chi connectivity index (χ1) is 8.48. The second-order valence-corrected chi connectivity index (χ2v) is 4.70. The average Bonchev–Trinajstić information content (AvgIpc) is 2.32. The number of benzene rings is 1. The zero-order valence-corrected chi connectivity index (χ0v) is 11.0. The van der Waals surface area contributed by atoms with Gasteiger partial charge in [0, 0.05) is 18.1 Å². The Labute approximate surface area is 111 Å². The smallest absolute Gasteiger partial charge is 0.336 e. The summed E-state index contributed by atoms with van der Waals surface area (Å²) in [6, 6.07) is 6.98. The molecule has 0 amide bonds. The maximum absolute atomic E-state index is 11.3. The van der Waals surface area contributed by atoms with Crippen LogP contribution in [0.15, 0.2) is 24.3 Å². The maximum atomic E-state index is 11.3. The van der Waals surface area contributed by atoms with Gasteiger partial charge in [-0.2, -0.15) is 0 Å². The second kappa shape index (κ2) is 6.73. The zero-order valence-electron chi connectivity index (χ0n) is 10.2. The van der Waals surface area contributed by atoms with E-state index in [1.807, 2.05) is 0 Å². The van der Waals surface area contributed by atoms with Crippen molar-refractivity contribution in [3.63, 3.8) is 0 Å². The minimum Gasteiger partial charge on any atom is -0.479 e. The maximum Gasteiger partial charge on any atom is 0.336 e. The van der Waals surface area contributed by atoms with Gasteiger partial charge in [-0.3, -0.25) is 0 Å². The predicted molar refractivity (Wildman–Crippen MR) is 68.9 cm³/mol. The van der Waals surface area contributed by atoms with E-state index in [4.69, 9.17) is 21.4 Å². The number of aliphatic hydroxyl groups excluding tert-OH is 1. The lowest BCUT2D eigenvalue weighted by Gasteiger charge is -2.25. The van der Waals surface area contributed by atoms with Crippen LogP contribution >= 0.6 is 11.6 Å². The number of carboxylic acids is 1. The zero-order chi connectivity index (χ0) is 13.6. The molecule has 0 spiro atoms. The Morgan fingerprint density at radius 2 is 2.00 bits per heavy atom. The van der Waals surface area contributed by atoms with Crippen LogP contribution in [0.5, 0.6) is 0 Å². The Hall–Kier alpha value is -1.10. The van der Waals surface area contributed by atoms with Crippen molar-refractivity contribution in [1.29, 1.82) is 0 Å². The summed E-state index contributed by atoms with van der Waals surface area (Å²) in [5.41, 5.74) is -0.448. The first-order valence-corrected chi connectivity index (χ1v) is 6.08. The van der Waals surface area contributed by atoms with Gasteiger partial charge in [-0.15, -0.1) is 0 Å². The number of aliphatic carboxylic acids is 1. The summed E-state index contributed by atoms with van der Waals surface area (Å²) < 4.78 is 5.37. The first kappa shape index (κ1) is 15.0. The van der Waals surface area contributed by atoms with E-state index in [0.717, 1.165) is 5.56 Å². The van der Waals surface area contributed by atoms with Crippen molar-refractivity contribution in [3.8, 4) is 0 Å². The summed E-state index contributed by atoms with van der Waals surface area (Å²) in [5, 5.41) is 18.5. The van der Waals surface area contributed by atoms with Crippen LogP contribution in [0.25, 0.3) is 0 Å². The molecular weight excluding hydrogens is 256 g/mol. The molecular formula is C13H17ClO4. The number of carbonyl (C=O) groups is 1. The van der Waals surface area contributed by atoms with Crippen LogP contribution in [-0.2, 0) is 16.0 Å². The highest BCUT2D eigenvalue weighted by Gasteiger charge is 2.34. The Morgan fingerprint density at radius 1 is 1.39 bits per heavy atom. The Kier molecular flexibility index (Phi) is 5.59. The Morgan fingerprint density at radius 3 is 2.50 bits per heavy atom. The van der Waals surface area contributed by atoms with Gasteiger partial charge in [0.2, 0.25) is 0 Å². The highest BCUT2D eigenvalue weighted by molar-refractivity contribution is 6.30. The molecule has 0 aliphatic rings. The Bertz CT molecular complexity index is 390. The topological polar surface area (TPSA) is 66.8 Å². The number of rotatable bonds is 7. The monoisotopic (exact) mass is 272 g/mol. The molecule has 1 rings (SSSR count). The largest absolute Gasteiger partial charge is 0.479 e. The fourth-order valence-corrected chi connectivity index (χ4v) is 1.67. The fourth-order valence-electron chi connectivity index (χ4n) is 1.54. The molecule has 0 saturated carbocycles. The normalized spacial score (nSPS) is 14.2. The number of aliphatic hydroxyl groups is 1. The molecule has 1 atom stereocenters. The average molecular weight is 273 g/mol. The molecule has 0 aliphatic carbocycles. The molecule has 0 heterocycles. The van der Waals surface area contributed by atoms with E-state index in [9.17, 15) is 9.90 Å². The van der Waals surface area contributed by atoms with Gasteiger partial charge in [0.25, 0.3) is 0 Å². The molecule has 0 bridgehead atoms. The van der Waals surface area contributed by atoms with Crippen LogP contribution in [0.2, 0.25) is 5.02 Å². The minimum atomic E-state index is -1.29. The fraction of sp³-hybridized carbons (Fsp3) is 0.462. The second-order valence-electron chi connectivity index (χ2n) is 4.26. The van der Waals surface area contributed by atoms with Crippen molar-refractivity contribution in [1.82, 2.24) is 0 Å². The summed E-state index contributed by atoms with van der Waals surface area (Å²) in [6.07, 6.45) is 0.675. The molecule has 18 heavy (non-hydrogen) atoms. The lowest BCUT2D eigenvalue weighted by Crippen LogP contribution is -2.41. The Balaban J connectivity index is 2.72. The molecule has 1 aromatic rings. The SMILES string of the molecule is CC(Cc1ccc(Cl)cc1)(OCCCO)C(=O)O. The standard InChI is InChI=1S/C13H17ClO4/c1-13(12(16)17,18-8-2-7-15)9-10-3-5-11(14)6-4-10/h3-6,15H,2,7-9H2,1H3,(H,16,17). The van der Waals surface area contributed by atoms with Crippen molar-refractivity contribution >= 4 is 17.6 Å². The van der Waals surface area contributed by atoms with Crippen LogP contribution in [-0.4, -0.2) is 35.0 Å². The van der Waals surface area contributed by atoms with E-state index in [-0.39, 0.29) is 19.6 Å². The van der Waals surface area contributed by atoms with E-state index in [0.29, 0.717) is 11.4 Å². The number of ether oxygens (including phenoxy) is 1. The van der Waals surface area contributed by atoms with E-state index in [1.54, 1.807) is 24.3 Å². The summed E-state index contributed by atoms with van der Waals surface area (Å²) in [6.45, 7) is 1.73. The van der Waals surface area contributed by atoms with Crippen LogP contribution in [0.4, 0.5) is 0 Å². The molecule has 1 unspecified atom stereocenters. The van der Waals surface area contributed by atoms with E-state index >= 15 is 0 Å². The number of halogens is 1. The number of hydrogen-bond donors (Lipinski definition) is 2. The van der Waals surface area contributed by atoms with Gasteiger partial charge in [-0.05, 0) is 31.0 Å². The van der Waals surface area contributed by atoms with Gasteiger partial charge in [-0.1, -0.05) is 23.7 Å².